The van der Waals surface area contributed by atoms with E-state index in [4.69, 9.17) is 9.47 Å². The van der Waals surface area contributed by atoms with Crippen LogP contribution in [0.1, 0.15) is 28.4 Å². The summed E-state index contributed by atoms with van der Waals surface area (Å²) in [7, 11) is 1.42. The van der Waals surface area contributed by atoms with Gasteiger partial charge in [-0.15, -0.1) is 0 Å². The maximum Gasteiger partial charge on any atom is 0.340 e. The fraction of sp³-hybridized carbons (Fsp3) is 0.148. The topological polar surface area (TPSA) is 39.9 Å². The highest BCUT2D eigenvalue weighted by Gasteiger charge is 2.23. The first kappa shape index (κ1) is 19.2. The molecule has 0 N–H and O–H groups in total. The average Bonchev–Trinajstić information content (AvgIpc) is 3.36. The number of aromatic nitrogens is 1. The van der Waals surface area contributed by atoms with Crippen LogP contribution in [0.3, 0.4) is 0 Å². The SMILES string of the molecule is CCc1c(-c2ccc(OCc3ccccc3)cc2)c2cc(C(=O)OC)c3cccc1n32. The number of hydrogen-bond donors (Lipinski definition) is 0. The molecule has 0 aliphatic heterocycles. The third kappa shape index (κ3) is 3.21. The van der Waals surface area contributed by atoms with Gasteiger partial charge >= 0.3 is 5.97 Å². The lowest BCUT2D eigenvalue weighted by Gasteiger charge is -2.08. The number of carbonyl (C=O) groups is 1. The number of hydrogen-bond acceptors (Lipinski definition) is 3. The lowest BCUT2D eigenvalue weighted by molar-refractivity contribution is 0.0603. The third-order valence-electron chi connectivity index (χ3n) is 5.81. The van der Waals surface area contributed by atoms with Crippen molar-refractivity contribution < 1.29 is 14.3 Å². The normalized spacial score (nSPS) is 11.3. The second kappa shape index (κ2) is 7.80. The summed E-state index contributed by atoms with van der Waals surface area (Å²) in [6.07, 6.45) is 0.899. The van der Waals surface area contributed by atoms with Crippen LogP contribution < -0.4 is 4.74 Å². The fourth-order valence-electron chi connectivity index (χ4n) is 4.37. The number of aryl methyl sites for hydroxylation is 1. The second-order valence-electron chi connectivity index (χ2n) is 7.57. The van der Waals surface area contributed by atoms with E-state index in [9.17, 15) is 4.79 Å². The summed E-state index contributed by atoms with van der Waals surface area (Å²) in [6, 6.07) is 26.4. The van der Waals surface area contributed by atoms with E-state index < -0.39 is 0 Å². The van der Waals surface area contributed by atoms with Crippen molar-refractivity contribution in [1.82, 2.24) is 4.40 Å². The summed E-state index contributed by atoms with van der Waals surface area (Å²) in [6.45, 7) is 2.70. The molecule has 0 saturated carbocycles. The van der Waals surface area contributed by atoms with Gasteiger partial charge in [-0.25, -0.2) is 4.79 Å². The number of esters is 1. The Balaban J connectivity index is 1.56. The highest BCUT2D eigenvalue weighted by molar-refractivity contribution is 6.05. The van der Waals surface area contributed by atoms with Gasteiger partial charge in [0.05, 0.1) is 29.2 Å². The first-order valence-corrected chi connectivity index (χ1v) is 10.4. The highest BCUT2D eigenvalue weighted by Crippen LogP contribution is 2.39. The highest BCUT2D eigenvalue weighted by atomic mass is 16.5. The Morgan fingerprint density at radius 2 is 1.61 bits per heavy atom. The average molecular weight is 409 g/mol. The second-order valence-corrected chi connectivity index (χ2v) is 7.57. The largest absolute Gasteiger partial charge is 0.489 e. The van der Waals surface area contributed by atoms with Crippen molar-refractivity contribution in [3.63, 3.8) is 0 Å². The minimum absolute atomic E-state index is 0.315. The number of carbonyl (C=O) groups excluding carboxylic acids is 1. The molecule has 0 saturated heterocycles. The molecule has 3 heterocycles. The first-order valence-electron chi connectivity index (χ1n) is 10.4. The third-order valence-corrected chi connectivity index (χ3v) is 5.81. The van der Waals surface area contributed by atoms with Gasteiger partial charge in [0.15, 0.2) is 0 Å². The Kier molecular flexibility index (Phi) is 4.83. The maximum atomic E-state index is 12.3. The van der Waals surface area contributed by atoms with Crippen molar-refractivity contribution in [3.05, 3.63) is 95.6 Å². The number of nitrogens with zero attached hydrogens (tertiary/aromatic N) is 1. The van der Waals surface area contributed by atoms with E-state index in [0.717, 1.165) is 45.4 Å². The molecule has 3 aromatic heterocycles. The Bertz CT molecular complexity index is 1350. The Morgan fingerprint density at radius 1 is 0.871 bits per heavy atom. The van der Waals surface area contributed by atoms with Crippen molar-refractivity contribution >= 4 is 22.5 Å². The van der Waals surface area contributed by atoms with Gasteiger partial charge in [0.25, 0.3) is 0 Å². The fourth-order valence-corrected chi connectivity index (χ4v) is 4.37. The van der Waals surface area contributed by atoms with E-state index in [2.05, 4.69) is 41.7 Å². The molecule has 0 radical (unpaired) electrons. The van der Waals surface area contributed by atoms with Crippen molar-refractivity contribution in [2.75, 3.05) is 7.11 Å². The molecular weight excluding hydrogens is 386 g/mol. The maximum absolute atomic E-state index is 12.3. The molecule has 0 aliphatic carbocycles. The number of methoxy groups -OCH3 is 1. The summed E-state index contributed by atoms with van der Waals surface area (Å²) in [4.78, 5) is 12.3. The number of ether oxygens (including phenoxy) is 2. The molecule has 4 heteroatoms. The van der Waals surface area contributed by atoms with Crippen LogP contribution in [0, 0.1) is 0 Å². The molecular formula is C27H23NO3. The van der Waals surface area contributed by atoms with Crippen LogP contribution in [0.2, 0.25) is 0 Å². The van der Waals surface area contributed by atoms with Gasteiger partial charge in [-0.1, -0.05) is 55.5 Å². The van der Waals surface area contributed by atoms with E-state index in [-0.39, 0.29) is 5.97 Å². The Morgan fingerprint density at radius 3 is 2.32 bits per heavy atom. The zero-order valence-electron chi connectivity index (χ0n) is 17.6. The van der Waals surface area contributed by atoms with Crippen molar-refractivity contribution in [2.24, 2.45) is 0 Å². The number of rotatable bonds is 6. The lowest BCUT2D eigenvalue weighted by atomic mass is 9.99. The van der Waals surface area contributed by atoms with Gasteiger partial charge in [-0.2, -0.15) is 0 Å². The van der Waals surface area contributed by atoms with Gasteiger partial charge < -0.3 is 13.9 Å². The summed E-state index contributed by atoms with van der Waals surface area (Å²) < 4.78 is 13.1. The van der Waals surface area contributed by atoms with Gasteiger partial charge in [0.1, 0.15) is 12.4 Å². The quantitative estimate of drug-likeness (QED) is 0.317. The predicted octanol–water partition coefficient (Wildman–Crippen LogP) is 6.13. The van der Waals surface area contributed by atoms with Crippen LogP contribution in [0.25, 0.3) is 27.7 Å². The van der Waals surface area contributed by atoms with E-state index >= 15 is 0 Å². The van der Waals surface area contributed by atoms with Crippen LogP contribution in [0.5, 0.6) is 5.75 Å². The monoisotopic (exact) mass is 409 g/mol. The molecule has 5 aromatic rings. The van der Waals surface area contributed by atoms with Crippen LogP contribution in [-0.4, -0.2) is 17.5 Å². The molecule has 5 rings (SSSR count). The molecule has 154 valence electrons. The van der Waals surface area contributed by atoms with Crippen LogP contribution in [-0.2, 0) is 17.8 Å². The molecule has 4 nitrogen and oxygen atoms in total. The predicted molar refractivity (Wildman–Crippen MR) is 123 cm³/mol. The van der Waals surface area contributed by atoms with Crippen molar-refractivity contribution in [3.8, 4) is 16.9 Å². The van der Waals surface area contributed by atoms with Gasteiger partial charge in [0, 0.05) is 5.56 Å². The molecule has 0 atom stereocenters. The Hall–Kier alpha value is -3.79. The molecule has 31 heavy (non-hydrogen) atoms. The summed E-state index contributed by atoms with van der Waals surface area (Å²) in [5.74, 6) is 0.516. The van der Waals surface area contributed by atoms with Crippen LogP contribution >= 0.6 is 0 Å². The first-order chi connectivity index (χ1) is 15.2. The minimum atomic E-state index is -0.315. The van der Waals surface area contributed by atoms with Crippen LogP contribution in [0.4, 0.5) is 0 Å². The minimum Gasteiger partial charge on any atom is -0.489 e. The summed E-state index contributed by atoms with van der Waals surface area (Å²) >= 11 is 0. The smallest absolute Gasteiger partial charge is 0.340 e. The van der Waals surface area contributed by atoms with Gasteiger partial charge in [-0.05, 0) is 53.4 Å². The molecule has 0 aliphatic rings. The molecule has 0 fully saturated rings. The molecule has 0 amide bonds. The summed E-state index contributed by atoms with van der Waals surface area (Å²) in [5.41, 5.74) is 8.30. The van der Waals surface area contributed by atoms with Crippen molar-refractivity contribution in [2.45, 2.75) is 20.0 Å². The van der Waals surface area contributed by atoms with Gasteiger partial charge in [0.2, 0.25) is 0 Å². The lowest BCUT2D eigenvalue weighted by Crippen LogP contribution is -2.00. The van der Waals surface area contributed by atoms with Gasteiger partial charge in [-0.3, -0.25) is 0 Å². The zero-order chi connectivity index (χ0) is 21.4. The van der Waals surface area contributed by atoms with E-state index in [1.54, 1.807) is 0 Å². The number of benzene rings is 2. The molecule has 2 aromatic carbocycles. The van der Waals surface area contributed by atoms with E-state index in [0.29, 0.717) is 12.2 Å². The Labute approximate surface area is 181 Å². The van der Waals surface area contributed by atoms with Crippen molar-refractivity contribution in [1.29, 1.82) is 0 Å². The van der Waals surface area contributed by atoms with E-state index in [1.165, 1.54) is 12.7 Å². The number of pyridine rings is 1. The molecule has 0 unspecified atom stereocenters. The zero-order valence-corrected chi connectivity index (χ0v) is 17.6. The van der Waals surface area contributed by atoms with E-state index in [1.807, 2.05) is 48.5 Å². The van der Waals surface area contributed by atoms with Crippen LogP contribution in [0.15, 0.2) is 78.9 Å². The molecule has 0 spiro atoms. The standard InChI is InChI=1S/C27H23NO3/c1-3-21-23-10-7-11-24-22(27(29)30-2)16-25(28(23)24)26(21)19-12-14-20(15-13-19)31-17-18-8-5-4-6-9-18/h4-16H,3,17H2,1-2H3. The molecule has 0 bridgehead atoms. The summed E-state index contributed by atoms with van der Waals surface area (Å²) in [5, 5.41) is 0.